The van der Waals surface area contributed by atoms with Gasteiger partial charge in [0.15, 0.2) is 0 Å². The van der Waals surface area contributed by atoms with Crippen molar-refractivity contribution in [2.24, 2.45) is 5.41 Å². The highest BCUT2D eigenvalue weighted by molar-refractivity contribution is 7.99. The van der Waals surface area contributed by atoms with Crippen molar-refractivity contribution >= 4 is 11.8 Å². The molecule has 2 saturated carbocycles. The Bertz CT molecular complexity index is 391. The van der Waals surface area contributed by atoms with Crippen molar-refractivity contribution in [3.63, 3.8) is 0 Å². The quantitative estimate of drug-likeness (QED) is 0.858. The van der Waals surface area contributed by atoms with Crippen LogP contribution in [-0.2, 0) is 9.47 Å². The predicted octanol–water partition coefficient (Wildman–Crippen LogP) is 3.37. The Morgan fingerprint density at radius 3 is 2.86 bits per heavy atom. The van der Waals surface area contributed by atoms with Gasteiger partial charge in [0.1, 0.15) is 0 Å². The Labute approximate surface area is 139 Å². The van der Waals surface area contributed by atoms with Crippen molar-refractivity contribution in [2.75, 3.05) is 24.7 Å². The second-order valence-electron chi connectivity index (χ2n) is 7.86. The van der Waals surface area contributed by atoms with Crippen LogP contribution in [0.4, 0.5) is 0 Å². The monoisotopic (exact) mass is 325 g/mol. The molecule has 2 heterocycles. The van der Waals surface area contributed by atoms with Gasteiger partial charge in [-0.1, -0.05) is 12.8 Å². The molecule has 3 nitrogen and oxygen atoms in total. The van der Waals surface area contributed by atoms with Gasteiger partial charge in [0, 0.05) is 36.5 Å². The summed E-state index contributed by atoms with van der Waals surface area (Å²) in [4.78, 5) is 0. The molecule has 4 atom stereocenters. The maximum absolute atomic E-state index is 6.18. The molecule has 2 aliphatic heterocycles. The van der Waals surface area contributed by atoms with Gasteiger partial charge in [0.05, 0.1) is 11.7 Å². The van der Waals surface area contributed by atoms with E-state index in [9.17, 15) is 0 Å². The largest absolute Gasteiger partial charge is 0.378 e. The van der Waals surface area contributed by atoms with Crippen LogP contribution in [-0.4, -0.2) is 48.5 Å². The molecule has 0 bridgehead atoms. The molecule has 0 aromatic rings. The first-order valence-corrected chi connectivity index (χ1v) is 10.5. The van der Waals surface area contributed by atoms with E-state index in [1.54, 1.807) is 0 Å². The summed E-state index contributed by atoms with van der Waals surface area (Å²) in [6.45, 7) is 3.97. The molecule has 126 valence electrons. The number of thioether (sulfide) groups is 1. The molecular formula is C18H31NO2S. The third kappa shape index (κ3) is 2.64. The fourth-order valence-electron chi connectivity index (χ4n) is 5.44. The van der Waals surface area contributed by atoms with Crippen LogP contribution in [0.1, 0.15) is 58.3 Å². The Morgan fingerprint density at radius 2 is 2.14 bits per heavy atom. The third-order valence-electron chi connectivity index (χ3n) is 6.68. The van der Waals surface area contributed by atoms with Gasteiger partial charge in [-0.05, 0) is 51.2 Å². The first-order valence-electron chi connectivity index (χ1n) is 9.36. The van der Waals surface area contributed by atoms with E-state index in [4.69, 9.17) is 9.47 Å². The van der Waals surface area contributed by atoms with E-state index in [1.807, 2.05) is 0 Å². The minimum absolute atomic E-state index is 0.201. The fraction of sp³-hybridized carbons (Fsp3) is 1.00. The van der Waals surface area contributed by atoms with Gasteiger partial charge >= 0.3 is 0 Å². The van der Waals surface area contributed by atoms with Gasteiger partial charge in [0.25, 0.3) is 0 Å². The lowest BCUT2D eigenvalue weighted by atomic mass is 9.60. The van der Waals surface area contributed by atoms with E-state index in [1.165, 1.54) is 62.9 Å². The molecule has 4 rings (SSSR count). The molecule has 4 aliphatic rings. The lowest BCUT2D eigenvalue weighted by Gasteiger charge is -2.56. The van der Waals surface area contributed by atoms with Crippen LogP contribution < -0.4 is 5.32 Å². The lowest BCUT2D eigenvalue weighted by Crippen LogP contribution is -2.65. The van der Waals surface area contributed by atoms with Crippen molar-refractivity contribution in [1.29, 1.82) is 0 Å². The summed E-state index contributed by atoms with van der Waals surface area (Å²) in [5, 5.41) is 4.06. The zero-order valence-corrected chi connectivity index (χ0v) is 14.8. The molecule has 2 saturated heterocycles. The summed E-state index contributed by atoms with van der Waals surface area (Å²) in [6, 6.07) is 1.36. The first-order chi connectivity index (χ1) is 10.8. The fourth-order valence-corrected chi connectivity index (χ4v) is 6.82. The molecule has 0 aromatic carbocycles. The summed E-state index contributed by atoms with van der Waals surface area (Å²) in [6.07, 6.45) is 11.0. The number of rotatable bonds is 4. The minimum atomic E-state index is 0.201. The van der Waals surface area contributed by atoms with Crippen LogP contribution in [0, 0.1) is 5.41 Å². The Kier molecular flexibility index (Phi) is 4.48. The van der Waals surface area contributed by atoms with Gasteiger partial charge in [-0.3, -0.25) is 0 Å². The maximum Gasteiger partial charge on any atom is 0.0795 e. The van der Waals surface area contributed by atoms with Gasteiger partial charge < -0.3 is 14.8 Å². The maximum atomic E-state index is 6.18. The van der Waals surface area contributed by atoms with Crippen LogP contribution in [0.5, 0.6) is 0 Å². The van der Waals surface area contributed by atoms with E-state index < -0.39 is 0 Å². The first kappa shape index (κ1) is 15.7. The van der Waals surface area contributed by atoms with Gasteiger partial charge in [-0.25, -0.2) is 0 Å². The van der Waals surface area contributed by atoms with Crippen molar-refractivity contribution in [3.8, 4) is 0 Å². The third-order valence-corrected chi connectivity index (χ3v) is 7.91. The van der Waals surface area contributed by atoms with Crippen molar-refractivity contribution in [1.82, 2.24) is 5.32 Å². The van der Waals surface area contributed by atoms with Crippen molar-refractivity contribution in [3.05, 3.63) is 0 Å². The molecule has 0 amide bonds. The number of nitrogens with one attached hydrogen (secondary N) is 1. The molecule has 22 heavy (non-hydrogen) atoms. The van der Waals surface area contributed by atoms with E-state index in [0.29, 0.717) is 23.6 Å². The molecule has 0 radical (unpaired) electrons. The standard InChI is InChI=1S/C18H31NO2S/c1-2-20-16-11-15(18(16)6-3-4-7-18)19-14-5-9-21-17(12-14)8-10-22-13-17/h14-16,19H,2-13H2,1H3/t14-,15+,16-,17+/m1/s1. The van der Waals surface area contributed by atoms with E-state index in [0.717, 1.165) is 13.2 Å². The van der Waals surface area contributed by atoms with Crippen molar-refractivity contribution < 1.29 is 9.47 Å². The van der Waals surface area contributed by atoms with Crippen LogP contribution in [0.25, 0.3) is 0 Å². The minimum Gasteiger partial charge on any atom is -0.378 e. The SMILES string of the molecule is CCO[C@@H]1C[C@H](N[C@@H]2CCO[C@@]3(CCSC3)C2)C12CCCC2. The summed E-state index contributed by atoms with van der Waals surface area (Å²) in [7, 11) is 0. The van der Waals surface area contributed by atoms with Gasteiger partial charge in [-0.15, -0.1) is 0 Å². The van der Waals surface area contributed by atoms with Crippen LogP contribution in [0.3, 0.4) is 0 Å². The average molecular weight is 326 g/mol. The molecule has 0 unspecified atom stereocenters. The summed E-state index contributed by atoms with van der Waals surface area (Å²) >= 11 is 2.07. The van der Waals surface area contributed by atoms with E-state index >= 15 is 0 Å². The Morgan fingerprint density at radius 1 is 1.27 bits per heavy atom. The molecule has 4 heteroatoms. The predicted molar refractivity (Wildman–Crippen MR) is 91.5 cm³/mol. The molecular weight excluding hydrogens is 294 g/mol. The molecule has 0 aromatic heterocycles. The van der Waals surface area contributed by atoms with Crippen molar-refractivity contribution in [2.45, 2.75) is 82.1 Å². The van der Waals surface area contributed by atoms with E-state index in [-0.39, 0.29) is 5.60 Å². The zero-order chi connectivity index (χ0) is 15.0. The lowest BCUT2D eigenvalue weighted by molar-refractivity contribution is -0.139. The van der Waals surface area contributed by atoms with E-state index in [2.05, 4.69) is 24.0 Å². The highest BCUT2D eigenvalue weighted by Crippen LogP contribution is 2.55. The normalized spacial score (nSPS) is 43.8. The highest BCUT2D eigenvalue weighted by atomic mass is 32.2. The Hall–Kier alpha value is 0.230. The topological polar surface area (TPSA) is 30.5 Å². The number of hydrogen-bond donors (Lipinski definition) is 1. The molecule has 2 spiro atoms. The van der Waals surface area contributed by atoms with Crippen LogP contribution in [0.15, 0.2) is 0 Å². The van der Waals surface area contributed by atoms with Gasteiger partial charge in [-0.2, -0.15) is 11.8 Å². The molecule has 1 N–H and O–H groups in total. The second kappa shape index (κ2) is 6.27. The number of hydrogen-bond acceptors (Lipinski definition) is 4. The summed E-state index contributed by atoms with van der Waals surface area (Å²) in [5.74, 6) is 2.50. The molecule has 2 aliphatic carbocycles. The zero-order valence-electron chi connectivity index (χ0n) is 13.9. The van der Waals surface area contributed by atoms with Gasteiger partial charge in [0.2, 0.25) is 0 Å². The summed E-state index contributed by atoms with van der Waals surface area (Å²) in [5.41, 5.74) is 0.665. The summed E-state index contributed by atoms with van der Waals surface area (Å²) < 4.78 is 12.2. The molecule has 4 fully saturated rings. The number of ether oxygens (including phenoxy) is 2. The van der Waals surface area contributed by atoms with Crippen LogP contribution >= 0.6 is 11.8 Å². The second-order valence-corrected chi connectivity index (χ2v) is 8.97. The smallest absolute Gasteiger partial charge is 0.0795 e. The van der Waals surface area contributed by atoms with Crippen LogP contribution in [0.2, 0.25) is 0 Å². The average Bonchev–Trinajstić information content (AvgIpc) is 3.18. The Balaban J connectivity index is 1.38. The highest BCUT2D eigenvalue weighted by Gasteiger charge is 2.57.